The quantitative estimate of drug-likeness (QED) is 0.829. The Morgan fingerprint density at radius 1 is 1.40 bits per heavy atom. The molecule has 25 heavy (non-hydrogen) atoms. The number of aromatic nitrogens is 4. The van der Waals surface area contributed by atoms with Crippen LogP contribution < -0.4 is 5.32 Å². The molecule has 3 heterocycles. The number of carbonyl (C=O) groups is 1. The van der Waals surface area contributed by atoms with E-state index in [1.807, 2.05) is 41.2 Å². The highest BCUT2D eigenvalue weighted by Crippen LogP contribution is 2.21. The second-order valence-corrected chi connectivity index (χ2v) is 6.59. The lowest BCUT2D eigenvalue weighted by atomic mass is 9.97. The van der Waals surface area contributed by atoms with Crippen LogP contribution in [0.25, 0.3) is 0 Å². The van der Waals surface area contributed by atoms with Crippen molar-refractivity contribution in [1.82, 2.24) is 29.8 Å². The first kappa shape index (κ1) is 17.7. The topological polar surface area (TPSA) is 68.0 Å². The van der Waals surface area contributed by atoms with Crippen LogP contribution in [0.5, 0.6) is 0 Å². The van der Waals surface area contributed by atoms with Crippen molar-refractivity contribution in [2.45, 2.75) is 52.2 Å². The van der Waals surface area contributed by atoms with Gasteiger partial charge in [0.05, 0.1) is 11.9 Å². The van der Waals surface area contributed by atoms with Crippen LogP contribution in [0.2, 0.25) is 0 Å². The van der Waals surface area contributed by atoms with Crippen molar-refractivity contribution in [3.8, 4) is 0 Å². The molecular weight excluding hydrogens is 316 g/mol. The predicted molar refractivity (Wildman–Crippen MR) is 96.1 cm³/mol. The number of aryl methyl sites for hydroxylation is 1. The SMILES string of the molecule is CCN(Cc1cnn(CC)c1)C(=O)Cn1ccc([C@@H]2CCCNC2)n1. The van der Waals surface area contributed by atoms with E-state index in [0.29, 0.717) is 19.0 Å². The monoisotopic (exact) mass is 344 g/mol. The van der Waals surface area contributed by atoms with E-state index in [-0.39, 0.29) is 12.5 Å². The third-order valence-electron chi connectivity index (χ3n) is 4.79. The van der Waals surface area contributed by atoms with Crippen molar-refractivity contribution in [1.29, 1.82) is 0 Å². The lowest BCUT2D eigenvalue weighted by molar-refractivity contribution is -0.132. The molecule has 0 bridgehead atoms. The molecule has 1 aliphatic heterocycles. The van der Waals surface area contributed by atoms with E-state index < -0.39 is 0 Å². The average molecular weight is 344 g/mol. The van der Waals surface area contributed by atoms with Crippen LogP contribution in [-0.2, 0) is 24.4 Å². The van der Waals surface area contributed by atoms with Gasteiger partial charge in [-0.05, 0) is 39.3 Å². The highest BCUT2D eigenvalue weighted by Gasteiger charge is 2.19. The Hall–Kier alpha value is -2.15. The molecule has 0 aromatic carbocycles. The summed E-state index contributed by atoms with van der Waals surface area (Å²) in [5, 5.41) is 12.3. The molecule has 2 aromatic rings. The molecule has 1 fully saturated rings. The van der Waals surface area contributed by atoms with Gasteiger partial charge in [0.1, 0.15) is 6.54 Å². The van der Waals surface area contributed by atoms with E-state index in [1.54, 1.807) is 4.68 Å². The Bertz CT molecular complexity index is 685. The molecule has 1 saturated heterocycles. The molecule has 1 aliphatic rings. The Labute approximate surface area is 149 Å². The Balaban J connectivity index is 1.58. The highest BCUT2D eigenvalue weighted by atomic mass is 16.2. The maximum atomic E-state index is 12.6. The van der Waals surface area contributed by atoms with E-state index in [4.69, 9.17) is 0 Å². The highest BCUT2D eigenvalue weighted by molar-refractivity contribution is 5.75. The van der Waals surface area contributed by atoms with Crippen molar-refractivity contribution >= 4 is 5.91 Å². The number of amides is 1. The lowest BCUT2D eigenvalue weighted by Crippen LogP contribution is -2.33. The molecule has 1 atom stereocenters. The van der Waals surface area contributed by atoms with Gasteiger partial charge in [0.25, 0.3) is 0 Å². The molecule has 0 spiro atoms. The zero-order valence-corrected chi connectivity index (χ0v) is 15.2. The largest absolute Gasteiger partial charge is 0.337 e. The van der Waals surface area contributed by atoms with Gasteiger partial charge in [0.15, 0.2) is 0 Å². The molecule has 0 aliphatic carbocycles. The van der Waals surface area contributed by atoms with E-state index in [2.05, 4.69) is 22.4 Å². The van der Waals surface area contributed by atoms with Gasteiger partial charge in [0.2, 0.25) is 5.91 Å². The fourth-order valence-corrected chi connectivity index (χ4v) is 3.28. The number of rotatable bonds is 7. The van der Waals surface area contributed by atoms with Crippen molar-refractivity contribution < 1.29 is 4.79 Å². The minimum absolute atomic E-state index is 0.0863. The van der Waals surface area contributed by atoms with Gasteiger partial charge >= 0.3 is 0 Å². The third-order valence-corrected chi connectivity index (χ3v) is 4.79. The molecule has 136 valence electrons. The number of piperidine rings is 1. The van der Waals surface area contributed by atoms with Crippen molar-refractivity contribution in [3.63, 3.8) is 0 Å². The Kier molecular flexibility index (Phi) is 5.86. The first-order chi connectivity index (χ1) is 12.2. The number of likely N-dealkylation sites (N-methyl/N-ethyl adjacent to an activating group) is 1. The average Bonchev–Trinajstić information content (AvgIpc) is 3.29. The summed E-state index contributed by atoms with van der Waals surface area (Å²) in [6, 6.07) is 2.05. The second-order valence-electron chi connectivity index (χ2n) is 6.59. The molecule has 3 rings (SSSR count). The van der Waals surface area contributed by atoms with E-state index in [9.17, 15) is 4.79 Å². The van der Waals surface area contributed by atoms with Crippen LogP contribution in [-0.4, -0.2) is 50.0 Å². The summed E-state index contributed by atoms with van der Waals surface area (Å²) < 4.78 is 3.65. The lowest BCUT2D eigenvalue weighted by Gasteiger charge is -2.21. The maximum absolute atomic E-state index is 12.6. The number of nitrogens with one attached hydrogen (secondary N) is 1. The minimum atomic E-state index is 0.0863. The van der Waals surface area contributed by atoms with Crippen LogP contribution >= 0.6 is 0 Å². The van der Waals surface area contributed by atoms with E-state index >= 15 is 0 Å². The minimum Gasteiger partial charge on any atom is -0.337 e. The smallest absolute Gasteiger partial charge is 0.244 e. The van der Waals surface area contributed by atoms with Gasteiger partial charge in [-0.2, -0.15) is 10.2 Å². The summed E-state index contributed by atoms with van der Waals surface area (Å²) in [4.78, 5) is 14.5. The van der Waals surface area contributed by atoms with Gasteiger partial charge in [0, 0.05) is 50.1 Å². The molecule has 2 aromatic heterocycles. The number of carbonyl (C=O) groups excluding carboxylic acids is 1. The zero-order valence-electron chi connectivity index (χ0n) is 15.2. The predicted octanol–water partition coefficient (Wildman–Crippen LogP) is 1.62. The zero-order chi connectivity index (χ0) is 17.6. The standard InChI is InChI=1S/C18H28N6O/c1-3-22(12-15-10-20-23(4-2)13-15)18(25)14-24-9-7-17(21-24)16-6-5-8-19-11-16/h7,9-10,13,16,19H,3-6,8,11-12,14H2,1-2H3/t16-/m1/s1. The Morgan fingerprint density at radius 2 is 2.28 bits per heavy atom. The van der Waals surface area contributed by atoms with E-state index in [0.717, 1.165) is 30.9 Å². The molecule has 7 heteroatoms. The summed E-state index contributed by atoms with van der Waals surface area (Å²) in [6.45, 7) is 8.53. The maximum Gasteiger partial charge on any atom is 0.244 e. The number of hydrogen-bond acceptors (Lipinski definition) is 4. The van der Waals surface area contributed by atoms with Crippen LogP contribution in [0.1, 0.15) is 43.9 Å². The van der Waals surface area contributed by atoms with Crippen molar-refractivity contribution in [2.75, 3.05) is 19.6 Å². The van der Waals surface area contributed by atoms with E-state index in [1.165, 1.54) is 12.8 Å². The van der Waals surface area contributed by atoms with Crippen molar-refractivity contribution in [2.24, 2.45) is 0 Å². The fraction of sp³-hybridized carbons (Fsp3) is 0.611. The van der Waals surface area contributed by atoms with Crippen molar-refractivity contribution in [3.05, 3.63) is 35.9 Å². The molecule has 0 saturated carbocycles. The summed E-state index contributed by atoms with van der Waals surface area (Å²) in [5.41, 5.74) is 2.15. The van der Waals surface area contributed by atoms with Gasteiger partial charge < -0.3 is 10.2 Å². The molecule has 1 amide bonds. The third kappa shape index (κ3) is 4.48. The van der Waals surface area contributed by atoms with Gasteiger partial charge in [-0.3, -0.25) is 14.2 Å². The summed E-state index contributed by atoms with van der Waals surface area (Å²) in [7, 11) is 0. The Morgan fingerprint density at radius 3 is 2.96 bits per heavy atom. The van der Waals surface area contributed by atoms with Crippen LogP contribution in [0, 0.1) is 0 Å². The summed E-state index contributed by atoms with van der Waals surface area (Å²) in [5.74, 6) is 0.551. The first-order valence-corrected chi connectivity index (χ1v) is 9.22. The molecule has 0 unspecified atom stereocenters. The molecule has 1 N–H and O–H groups in total. The van der Waals surface area contributed by atoms with Crippen LogP contribution in [0.3, 0.4) is 0 Å². The molecule has 7 nitrogen and oxygen atoms in total. The normalized spacial score (nSPS) is 17.6. The molecule has 0 radical (unpaired) electrons. The second kappa shape index (κ2) is 8.29. The number of hydrogen-bond donors (Lipinski definition) is 1. The van der Waals surface area contributed by atoms with Gasteiger partial charge in [-0.1, -0.05) is 0 Å². The molecular formula is C18H28N6O. The number of nitrogens with zero attached hydrogens (tertiary/aromatic N) is 5. The van der Waals surface area contributed by atoms with Crippen LogP contribution in [0.15, 0.2) is 24.7 Å². The van der Waals surface area contributed by atoms with Gasteiger partial charge in [-0.25, -0.2) is 0 Å². The van der Waals surface area contributed by atoms with Gasteiger partial charge in [-0.15, -0.1) is 0 Å². The van der Waals surface area contributed by atoms with Crippen LogP contribution in [0.4, 0.5) is 0 Å². The first-order valence-electron chi connectivity index (χ1n) is 9.22. The fourth-order valence-electron chi connectivity index (χ4n) is 3.28. The summed E-state index contributed by atoms with van der Waals surface area (Å²) >= 11 is 0. The summed E-state index contributed by atoms with van der Waals surface area (Å²) in [6.07, 6.45) is 8.11.